The van der Waals surface area contributed by atoms with Gasteiger partial charge < -0.3 is 19.8 Å². The molecule has 0 aliphatic rings. The van der Waals surface area contributed by atoms with Crippen LogP contribution in [0.3, 0.4) is 0 Å². The Morgan fingerprint density at radius 1 is 1.29 bits per heavy atom. The maximum Gasteiger partial charge on any atom is 0.406 e. The molecule has 3 aromatic rings. The molecule has 0 amide bonds. The lowest BCUT2D eigenvalue weighted by molar-refractivity contribution is -0.390. The van der Waals surface area contributed by atoms with Gasteiger partial charge in [0.25, 0.3) is 0 Å². The van der Waals surface area contributed by atoms with Gasteiger partial charge in [0.2, 0.25) is 11.5 Å². The minimum Gasteiger partial charge on any atom is -0.474 e. The number of ketones is 1. The second kappa shape index (κ2) is 6.11. The molecule has 7 nitrogen and oxygen atoms in total. The third-order valence-corrected chi connectivity index (χ3v) is 3.74. The van der Waals surface area contributed by atoms with E-state index in [2.05, 4.69) is 9.97 Å². The van der Waals surface area contributed by atoms with Gasteiger partial charge in [-0.25, -0.2) is 0 Å². The second-order valence-corrected chi connectivity index (χ2v) is 5.38. The fourth-order valence-corrected chi connectivity index (χ4v) is 2.65. The minimum atomic E-state index is -0.884. The van der Waals surface area contributed by atoms with Crippen LogP contribution in [0, 0.1) is 17.0 Å². The smallest absolute Gasteiger partial charge is 0.406 e. The second-order valence-electron chi connectivity index (χ2n) is 5.38. The van der Waals surface area contributed by atoms with Crippen molar-refractivity contribution in [3.8, 4) is 5.75 Å². The van der Waals surface area contributed by atoms with Crippen LogP contribution in [0.15, 0.2) is 42.6 Å². The van der Waals surface area contributed by atoms with E-state index in [1.165, 1.54) is 18.3 Å². The molecule has 0 radical (unpaired) electrons. The Hall–Kier alpha value is -3.22. The average Bonchev–Trinajstić information content (AvgIpc) is 2.90. The highest BCUT2D eigenvalue weighted by atomic mass is 16.6. The zero-order chi connectivity index (χ0) is 17.3. The summed E-state index contributed by atoms with van der Waals surface area (Å²) in [7, 11) is 0. The van der Waals surface area contributed by atoms with Gasteiger partial charge in [-0.2, -0.15) is 0 Å². The SMILES string of the molecule is Cc1[nH]c2ccccc2c1C(=O)[C@H](C)Oc1cccnc1[N+](=O)[O-]. The van der Waals surface area contributed by atoms with Crippen LogP contribution in [-0.2, 0) is 0 Å². The molecule has 1 aromatic carbocycles. The Balaban J connectivity index is 1.93. The lowest BCUT2D eigenvalue weighted by atomic mass is 10.0. The Kier molecular flexibility index (Phi) is 3.99. The molecule has 0 aliphatic heterocycles. The number of carbonyl (C=O) groups excluding carboxylic acids is 1. The van der Waals surface area contributed by atoms with Gasteiger partial charge in [0, 0.05) is 22.2 Å². The topological polar surface area (TPSA) is 98.1 Å². The molecule has 7 heteroatoms. The highest BCUT2D eigenvalue weighted by Crippen LogP contribution is 2.27. The molecule has 0 unspecified atom stereocenters. The number of hydrogen-bond donors (Lipinski definition) is 1. The molecule has 24 heavy (non-hydrogen) atoms. The van der Waals surface area contributed by atoms with Gasteiger partial charge in [0.1, 0.15) is 6.20 Å². The highest BCUT2D eigenvalue weighted by Gasteiger charge is 2.25. The number of nitrogens with zero attached hydrogens (tertiary/aromatic N) is 2. The first kappa shape index (κ1) is 15.7. The number of nitro groups is 1. The van der Waals surface area contributed by atoms with Crippen molar-refractivity contribution in [2.24, 2.45) is 0 Å². The van der Waals surface area contributed by atoms with Crippen LogP contribution in [0.4, 0.5) is 5.82 Å². The van der Waals surface area contributed by atoms with E-state index >= 15 is 0 Å². The Labute approximate surface area is 137 Å². The van der Waals surface area contributed by atoms with Gasteiger partial charge in [-0.1, -0.05) is 18.2 Å². The lowest BCUT2D eigenvalue weighted by Gasteiger charge is -2.13. The number of H-pyrrole nitrogens is 1. The number of para-hydroxylation sites is 1. The molecule has 122 valence electrons. The van der Waals surface area contributed by atoms with E-state index in [4.69, 9.17) is 4.74 Å². The number of aromatic nitrogens is 2. The largest absolute Gasteiger partial charge is 0.474 e. The zero-order valence-corrected chi connectivity index (χ0v) is 13.1. The number of nitrogens with one attached hydrogen (secondary N) is 1. The lowest BCUT2D eigenvalue weighted by Crippen LogP contribution is -2.24. The van der Waals surface area contributed by atoms with E-state index in [1.807, 2.05) is 31.2 Å². The molecular weight excluding hydrogens is 310 g/mol. The zero-order valence-electron chi connectivity index (χ0n) is 13.1. The molecule has 1 N–H and O–H groups in total. The van der Waals surface area contributed by atoms with E-state index in [0.29, 0.717) is 5.56 Å². The number of pyridine rings is 1. The van der Waals surface area contributed by atoms with Crippen molar-refractivity contribution in [1.29, 1.82) is 0 Å². The molecule has 0 aliphatic carbocycles. The Morgan fingerprint density at radius 3 is 2.79 bits per heavy atom. The van der Waals surface area contributed by atoms with Gasteiger partial charge >= 0.3 is 5.82 Å². The van der Waals surface area contributed by atoms with Gasteiger partial charge in [0.15, 0.2) is 6.10 Å². The maximum atomic E-state index is 12.8. The van der Waals surface area contributed by atoms with Crippen LogP contribution in [0.25, 0.3) is 10.9 Å². The average molecular weight is 325 g/mol. The summed E-state index contributed by atoms with van der Waals surface area (Å²) < 4.78 is 5.53. The number of hydrogen-bond acceptors (Lipinski definition) is 5. The summed E-state index contributed by atoms with van der Waals surface area (Å²) in [5.41, 5.74) is 2.12. The highest BCUT2D eigenvalue weighted by molar-refractivity contribution is 6.11. The van der Waals surface area contributed by atoms with E-state index in [9.17, 15) is 14.9 Å². The quantitative estimate of drug-likeness (QED) is 0.440. The third kappa shape index (κ3) is 2.71. The van der Waals surface area contributed by atoms with E-state index in [-0.39, 0.29) is 11.5 Å². The van der Waals surface area contributed by atoms with Crippen LogP contribution < -0.4 is 4.74 Å². The Bertz CT molecular complexity index is 932. The van der Waals surface area contributed by atoms with E-state index in [0.717, 1.165) is 16.6 Å². The summed E-state index contributed by atoms with van der Waals surface area (Å²) in [6.07, 6.45) is 0.423. The molecule has 0 saturated carbocycles. The fourth-order valence-electron chi connectivity index (χ4n) is 2.65. The molecule has 0 saturated heterocycles. The van der Waals surface area contributed by atoms with Crippen LogP contribution in [0.5, 0.6) is 5.75 Å². The van der Waals surface area contributed by atoms with Crippen LogP contribution >= 0.6 is 0 Å². The number of aromatic amines is 1. The van der Waals surface area contributed by atoms with E-state index in [1.54, 1.807) is 6.92 Å². The molecule has 0 bridgehead atoms. The van der Waals surface area contributed by atoms with Gasteiger partial charge in [0.05, 0.1) is 0 Å². The third-order valence-electron chi connectivity index (χ3n) is 3.74. The molecule has 0 fully saturated rings. The summed E-state index contributed by atoms with van der Waals surface area (Å²) in [6.45, 7) is 3.38. The number of benzene rings is 1. The monoisotopic (exact) mass is 325 g/mol. The standard InChI is InChI=1S/C17H15N3O4/c1-10-15(12-6-3-4-7-13(12)19-10)16(21)11(2)24-14-8-5-9-18-17(14)20(22)23/h3-9,11,19H,1-2H3/t11-/m0/s1. The first-order valence-corrected chi connectivity index (χ1v) is 7.36. The summed E-state index contributed by atoms with van der Waals surface area (Å²) in [5, 5.41) is 11.8. The summed E-state index contributed by atoms with van der Waals surface area (Å²) in [5.74, 6) is -0.684. The van der Waals surface area contributed by atoms with Crippen molar-refractivity contribution in [2.75, 3.05) is 0 Å². The number of rotatable bonds is 5. The predicted octanol–water partition coefficient (Wildman–Crippen LogP) is 3.43. The summed E-state index contributed by atoms with van der Waals surface area (Å²) in [4.78, 5) is 30.0. The number of fused-ring (bicyclic) bond motifs is 1. The molecule has 2 heterocycles. The summed E-state index contributed by atoms with van der Waals surface area (Å²) in [6, 6.07) is 10.4. The first-order valence-electron chi connectivity index (χ1n) is 7.36. The fraction of sp³-hybridized carbons (Fsp3) is 0.176. The van der Waals surface area contributed by atoms with Crippen molar-refractivity contribution >= 4 is 22.5 Å². The van der Waals surface area contributed by atoms with Crippen molar-refractivity contribution in [1.82, 2.24) is 9.97 Å². The molecule has 3 rings (SSSR count). The minimum absolute atomic E-state index is 0.0270. The van der Waals surface area contributed by atoms with Crippen LogP contribution in [0.1, 0.15) is 23.0 Å². The predicted molar refractivity (Wildman–Crippen MR) is 88.3 cm³/mol. The maximum absolute atomic E-state index is 12.8. The first-order chi connectivity index (χ1) is 11.5. The van der Waals surface area contributed by atoms with Crippen LogP contribution in [-0.4, -0.2) is 26.8 Å². The number of ether oxygens (including phenoxy) is 1. The van der Waals surface area contributed by atoms with E-state index < -0.39 is 16.8 Å². The number of Topliss-reactive ketones (excluding diaryl/α,β-unsaturated/α-hetero) is 1. The molecule has 0 spiro atoms. The Morgan fingerprint density at radius 2 is 2.04 bits per heavy atom. The molecule has 1 atom stereocenters. The number of aryl methyl sites for hydroxylation is 1. The van der Waals surface area contributed by atoms with Crippen LogP contribution in [0.2, 0.25) is 0 Å². The van der Waals surface area contributed by atoms with Gasteiger partial charge in [-0.15, -0.1) is 0 Å². The van der Waals surface area contributed by atoms with Crippen molar-refractivity contribution < 1.29 is 14.5 Å². The molecular formula is C17H15N3O4. The van der Waals surface area contributed by atoms with Crippen molar-refractivity contribution in [3.63, 3.8) is 0 Å². The number of carbonyl (C=O) groups is 1. The van der Waals surface area contributed by atoms with Crippen molar-refractivity contribution in [2.45, 2.75) is 20.0 Å². The van der Waals surface area contributed by atoms with Gasteiger partial charge in [-0.3, -0.25) is 4.79 Å². The van der Waals surface area contributed by atoms with Crippen molar-refractivity contribution in [3.05, 3.63) is 64.0 Å². The summed E-state index contributed by atoms with van der Waals surface area (Å²) >= 11 is 0. The molecule has 2 aromatic heterocycles. The van der Waals surface area contributed by atoms with Gasteiger partial charge in [-0.05, 0) is 42.0 Å². The normalized spacial score (nSPS) is 12.1.